The molecular weight excluding hydrogens is 406 g/mol. The fraction of sp³-hybridized carbons (Fsp3) is 0.375. The van der Waals surface area contributed by atoms with Crippen LogP contribution in [0.4, 0.5) is 11.6 Å². The van der Waals surface area contributed by atoms with E-state index in [1.807, 2.05) is 12.4 Å². The topological polar surface area (TPSA) is 64.9 Å². The Hall–Kier alpha value is -2.93. The average molecular weight is 432 g/mol. The normalized spacial score (nSPS) is 16.4. The molecule has 4 heterocycles. The number of aryl methyl sites for hydroxylation is 1. The van der Waals surface area contributed by atoms with Gasteiger partial charge in [0.1, 0.15) is 5.75 Å². The molecule has 4 aromatic rings. The molecule has 6 nitrogen and oxygen atoms in total. The second kappa shape index (κ2) is 7.64. The lowest BCUT2D eigenvalue weighted by atomic mass is 9.96. The Morgan fingerprint density at radius 1 is 1.16 bits per heavy atom. The highest BCUT2D eigenvalue weighted by molar-refractivity contribution is 7.19. The van der Waals surface area contributed by atoms with E-state index < -0.39 is 0 Å². The third-order valence-electron chi connectivity index (χ3n) is 6.40. The smallest absolute Gasteiger partial charge is 0.227 e. The van der Waals surface area contributed by atoms with E-state index in [-0.39, 0.29) is 0 Å². The summed E-state index contributed by atoms with van der Waals surface area (Å²) in [5, 5.41) is 7.95. The number of hydrogen-bond acceptors (Lipinski definition) is 6. The molecule has 0 saturated heterocycles. The van der Waals surface area contributed by atoms with E-state index in [0.717, 1.165) is 45.8 Å². The predicted octanol–water partition coefficient (Wildman–Crippen LogP) is 6.05. The summed E-state index contributed by atoms with van der Waals surface area (Å²) in [7, 11) is 0. The lowest BCUT2D eigenvalue weighted by Crippen LogP contribution is -2.12. The molecular formula is C24H25N5OS. The Balaban J connectivity index is 1.34. The van der Waals surface area contributed by atoms with Crippen LogP contribution >= 0.6 is 11.3 Å². The molecule has 0 radical (unpaired) electrons. The van der Waals surface area contributed by atoms with Gasteiger partial charge in [-0.3, -0.25) is 4.68 Å². The zero-order chi connectivity index (χ0) is 20.8. The Kier molecular flexibility index (Phi) is 4.64. The van der Waals surface area contributed by atoms with Gasteiger partial charge in [-0.2, -0.15) is 5.10 Å². The standard InChI is InChI=1S/C24H25N5OS/c1-15-21(19-9-5-6-16-10-11-30-23(16)19)22-20(31-15)13-25-24(28-22)27-17-12-26-29(14-17)18-7-3-2-4-8-18/h5-6,9,12-14,18H,2-4,7-8,10-11H2,1H3,(H,25,27,28). The van der Waals surface area contributed by atoms with Gasteiger partial charge in [-0.05, 0) is 25.3 Å². The molecule has 6 rings (SSSR count). The van der Waals surface area contributed by atoms with Crippen LogP contribution in [0, 0.1) is 6.92 Å². The van der Waals surface area contributed by atoms with E-state index in [9.17, 15) is 0 Å². The molecule has 0 atom stereocenters. The quantitative estimate of drug-likeness (QED) is 0.426. The fourth-order valence-electron chi connectivity index (χ4n) is 4.87. The molecule has 1 fully saturated rings. The largest absolute Gasteiger partial charge is 0.492 e. The molecule has 1 saturated carbocycles. The van der Waals surface area contributed by atoms with Crippen LogP contribution in [0.5, 0.6) is 5.75 Å². The highest BCUT2D eigenvalue weighted by atomic mass is 32.1. The minimum Gasteiger partial charge on any atom is -0.492 e. The van der Waals surface area contributed by atoms with Gasteiger partial charge in [-0.15, -0.1) is 11.3 Å². The zero-order valence-corrected chi connectivity index (χ0v) is 18.4. The minimum atomic E-state index is 0.513. The molecule has 1 N–H and O–H groups in total. The number of thiophene rings is 1. The first kappa shape index (κ1) is 18.8. The van der Waals surface area contributed by atoms with Crippen LogP contribution in [-0.4, -0.2) is 26.4 Å². The lowest BCUT2D eigenvalue weighted by Gasteiger charge is -2.21. The first-order valence-electron chi connectivity index (χ1n) is 11.1. The number of ether oxygens (including phenoxy) is 1. The third kappa shape index (κ3) is 3.37. The molecule has 7 heteroatoms. The summed E-state index contributed by atoms with van der Waals surface area (Å²) in [5.41, 5.74) is 5.47. The summed E-state index contributed by atoms with van der Waals surface area (Å²) in [6.45, 7) is 2.90. The summed E-state index contributed by atoms with van der Waals surface area (Å²) in [4.78, 5) is 10.7. The Bertz CT molecular complexity index is 1250. The Morgan fingerprint density at radius 2 is 2.06 bits per heavy atom. The predicted molar refractivity (Wildman–Crippen MR) is 124 cm³/mol. The number of nitrogens with zero attached hydrogens (tertiary/aromatic N) is 4. The van der Waals surface area contributed by atoms with E-state index in [1.165, 1.54) is 42.5 Å². The average Bonchev–Trinajstić information content (AvgIpc) is 3.52. The van der Waals surface area contributed by atoms with Gasteiger partial charge in [0, 0.05) is 28.6 Å². The van der Waals surface area contributed by atoms with Gasteiger partial charge in [0.15, 0.2) is 0 Å². The summed E-state index contributed by atoms with van der Waals surface area (Å²) in [5.74, 6) is 1.61. The summed E-state index contributed by atoms with van der Waals surface area (Å²) < 4.78 is 9.17. The molecule has 31 heavy (non-hydrogen) atoms. The van der Waals surface area contributed by atoms with Crippen molar-refractivity contribution in [1.82, 2.24) is 19.7 Å². The van der Waals surface area contributed by atoms with Crippen molar-refractivity contribution in [2.45, 2.75) is 51.5 Å². The molecule has 158 valence electrons. The molecule has 2 aliphatic rings. The number of hydrogen-bond donors (Lipinski definition) is 1. The Morgan fingerprint density at radius 3 is 2.97 bits per heavy atom. The van der Waals surface area contributed by atoms with Gasteiger partial charge in [0.25, 0.3) is 0 Å². The number of benzene rings is 1. The summed E-state index contributed by atoms with van der Waals surface area (Å²) in [6, 6.07) is 6.93. The zero-order valence-electron chi connectivity index (χ0n) is 17.6. The second-order valence-corrected chi connectivity index (χ2v) is 9.71. The summed E-state index contributed by atoms with van der Waals surface area (Å²) in [6.07, 6.45) is 13.2. The van der Waals surface area contributed by atoms with Crippen molar-refractivity contribution in [3.8, 4) is 16.9 Å². The van der Waals surface area contributed by atoms with Gasteiger partial charge in [-0.1, -0.05) is 37.5 Å². The SMILES string of the molecule is Cc1sc2cnc(Nc3cnn(C4CCCCC4)c3)nc2c1-c1cccc2c1OCC2. The molecule has 1 aliphatic heterocycles. The second-order valence-electron chi connectivity index (χ2n) is 8.46. The van der Waals surface area contributed by atoms with Gasteiger partial charge < -0.3 is 10.1 Å². The van der Waals surface area contributed by atoms with E-state index >= 15 is 0 Å². The summed E-state index contributed by atoms with van der Waals surface area (Å²) >= 11 is 1.73. The molecule has 1 aliphatic carbocycles. The molecule has 3 aromatic heterocycles. The van der Waals surface area contributed by atoms with E-state index in [4.69, 9.17) is 9.72 Å². The number of fused-ring (bicyclic) bond motifs is 2. The minimum absolute atomic E-state index is 0.513. The van der Waals surface area contributed by atoms with Crippen LogP contribution in [0.15, 0.2) is 36.8 Å². The first-order chi connectivity index (χ1) is 15.3. The monoisotopic (exact) mass is 431 g/mol. The van der Waals surface area contributed by atoms with Gasteiger partial charge in [0.05, 0.1) is 40.9 Å². The van der Waals surface area contributed by atoms with Crippen molar-refractivity contribution in [3.63, 3.8) is 0 Å². The molecule has 0 bridgehead atoms. The number of para-hydroxylation sites is 1. The van der Waals surface area contributed by atoms with Crippen molar-refractivity contribution in [2.24, 2.45) is 0 Å². The number of rotatable bonds is 4. The Labute approximate surface area is 185 Å². The van der Waals surface area contributed by atoms with Gasteiger partial charge in [-0.25, -0.2) is 9.97 Å². The van der Waals surface area contributed by atoms with Gasteiger partial charge >= 0.3 is 0 Å². The van der Waals surface area contributed by atoms with Crippen LogP contribution in [0.3, 0.4) is 0 Å². The van der Waals surface area contributed by atoms with Crippen molar-refractivity contribution >= 4 is 33.2 Å². The third-order valence-corrected chi connectivity index (χ3v) is 7.43. The van der Waals surface area contributed by atoms with Crippen LogP contribution in [0.1, 0.15) is 48.6 Å². The number of anilines is 2. The lowest BCUT2D eigenvalue weighted by molar-refractivity contribution is 0.329. The van der Waals surface area contributed by atoms with Crippen molar-refractivity contribution in [1.29, 1.82) is 0 Å². The first-order valence-corrected chi connectivity index (χ1v) is 11.9. The highest BCUT2D eigenvalue weighted by Crippen LogP contribution is 2.44. The van der Waals surface area contributed by atoms with E-state index in [0.29, 0.717) is 12.0 Å². The van der Waals surface area contributed by atoms with E-state index in [2.05, 4.69) is 51.4 Å². The number of aromatic nitrogens is 4. The highest BCUT2D eigenvalue weighted by Gasteiger charge is 2.22. The fourth-order valence-corrected chi connectivity index (χ4v) is 5.86. The van der Waals surface area contributed by atoms with Crippen molar-refractivity contribution in [2.75, 3.05) is 11.9 Å². The van der Waals surface area contributed by atoms with Crippen molar-refractivity contribution < 1.29 is 4.74 Å². The molecule has 0 spiro atoms. The van der Waals surface area contributed by atoms with Crippen LogP contribution in [-0.2, 0) is 6.42 Å². The maximum Gasteiger partial charge on any atom is 0.227 e. The van der Waals surface area contributed by atoms with Crippen LogP contribution in [0.2, 0.25) is 0 Å². The number of nitrogens with one attached hydrogen (secondary N) is 1. The van der Waals surface area contributed by atoms with Gasteiger partial charge in [0.2, 0.25) is 5.95 Å². The van der Waals surface area contributed by atoms with Crippen molar-refractivity contribution in [3.05, 3.63) is 47.2 Å². The van der Waals surface area contributed by atoms with E-state index in [1.54, 1.807) is 11.3 Å². The maximum absolute atomic E-state index is 5.98. The molecule has 1 aromatic carbocycles. The molecule has 0 unspecified atom stereocenters. The maximum atomic E-state index is 5.98. The van der Waals surface area contributed by atoms with Crippen LogP contribution < -0.4 is 10.1 Å². The molecule has 0 amide bonds. The van der Waals surface area contributed by atoms with Crippen LogP contribution in [0.25, 0.3) is 21.3 Å².